The number of tetrazole rings is 1. The van der Waals surface area contributed by atoms with E-state index in [1.807, 2.05) is 0 Å². The maximum absolute atomic E-state index is 12.1. The number of nitrogens with one attached hydrogen (secondary N) is 2. The van der Waals surface area contributed by atoms with Gasteiger partial charge in [-0.1, -0.05) is 11.3 Å². The number of aromatic nitrogens is 6. The van der Waals surface area contributed by atoms with Crippen LogP contribution in [0.1, 0.15) is 16.2 Å². The number of hydrogen-bond donors (Lipinski definition) is 2. The van der Waals surface area contributed by atoms with Crippen LogP contribution >= 0.6 is 0 Å². The van der Waals surface area contributed by atoms with E-state index < -0.39 is 11.5 Å². The summed E-state index contributed by atoms with van der Waals surface area (Å²) in [7, 11) is 0. The highest BCUT2D eigenvalue weighted by atomic mass is 16.2. The van der Waals surface area contributed by atoms with E-state index in [1.54, 1.807) is 24.4 Å². The van der Waals surface area contributed by atoms with Crippen LogP contribution in [0.5, 0.6) is 0 Å². The largest absolute Gasteiger partial charge is 0.344 e. The number of aromatic amines is 1. The third-order valence-electron chi connectivity index (χ3n) is 2.65. The molecule has 0 unspecified atom stereocenters. The summed E-state index contributed by atoms with van der Waals surface area (Å²) in [6.07, 6.45) is 2.81. The molecule has 100 valence electrons. The van der Waals surface area contributed by atoms with Gasteiger partial charge in [0, 0.05) is 12.4 Å². The maximum atomic E-state index is 12.1. The molecule has 0 aliphatic rings. The van der Waals surface area contributed by atoms with Crippen LogP contribution in [-0.2, 0) is 6.54 Å². The Morgan fingerprint density at radius 2 is 2.30 bits per heavy atom. The molecule has 9 nitrogen and oxygen atoms in total. The Kier molecular flexibility index (Phi) is 2.92. The summed E-state index contributed by atoms with van der Waals surface area (Å²) in [5.74, 6) is -0.210. The van der Waals surface area contributed by atoms with E-state index in [2.05, 4.69) is 30.9 Å². The minimum atomic E-state index is -0.537. The average molecular weight is 271 g/mol. The Morgan fingerprint density at radius 1 is 1.40 bits per heavy atom. The molecular formula is C11H9N7O2. The molecule has 20 heavy (non-hydrogen) atoms. The summed E-state index contributed by atoms with van der Waals surface area (Å²) in [6, 6.07) is 5.14. The Labute approximate surface area is 111 Å². The molecule has 3 heterocycles. The molecule has 0 aromatic carbocycles. The van der Waals surface area contributed by atoms with Crippen LogP contribution in [0.3, 0.4) is 0 Å². The first kappa shape index (κ1) is 12.0. The molecule has 9 heteroatoms. The van der Waals surface area contributed by atoms with Gasteiger partial charge in [-0.25, -0.2) is 4.98 Å². The fourth-order valence-electron chi connectivity index (χ4n) is 1.69. The first-order valence-corrected chi connectivity index (χ1v) is 5.72. The monoisotopic (exact) mass is 271 g/mol. The fraction of sp³-hybridized carbons (Fsp3) is 0.0909. The van der Waals surface area contributed by atoms with Crippen molar-refractivity contribution in [3.63, 3.8) is 0 Å². The summed E-state index contributed by atoms with van der Waals surface area (Å²) in [5, 5.41) is 15.6. The van der Waals surface area contributed by atoms with E-state index in [0.717, 1.165) is 0 Å². The van der Waals surface area contributed by atoms with Crippen molar-refractivity contribution in [3.8, 4) is 0 Å². The van der Waals surface area contributed by atoms with Gasteiger partial charge in [0.05, 0.1) is 6.54 Å². The first-order chi connectivity index (χ1) is 9.75. The maximum Gasteiger partial charge on any atom is 0.270 e. The minimum Gasteiger partial charge on any atom is -0.344 e. The van der Waals surface area contributed by atoms with E-state index in [4.69, 9.17) is 0 Å². The van der Waals surface area contributed by atoms with Crippen LogP contribution in [0.2, 0.25) is 0 Å². The number of rotatable bonds is 3. The summed E-state index contributed by atoms with van der Waals surface area (Å²) < 4.78 is 1.31. The Bertz CT molecular complexity index is 809. The van der Waals surface area contributed by atoms with Crippen LogP contribution in [0.4, 0.5) is 0 Å². The van der Waals surface area contributed by atoms with E-state index in [9.17, 15) is 9.59 Å². The summed E-state index contributed by atoms with van der Waals surface area (Å²) in [4.78, 5) is 28.2. The van der Waals surface area contributed by atoms with Crippen molar-refractivity contribution in [2.24, 2.45) is 0 Å². The number of pyridine rings is 1. The molecule has 0 saturated heterocycles. The van der Waals surface area contributed by atoms with Crippen molar-refractivity contribution in [3.05, 3.63) is 52.3 Å². The second-order valence-electron chi connectivity index (χ2n) is 3.92. The zero-order valence-corrected chi connectivity index (χ0v) is 10.1. The molecule has 3 aromatic heterocycles. The van der Waals surface area contributed by atoms with Gasteiger partial charge in [0.1, 0.15) is 11.2 Å². The molecule has 1 amide bonds. The van der Waals surface area contributed by atoms with Crippen LogP contribution in [0.15, 0.2) is 35.4 Å². The number of carbonyl (C=O) groups excluding carboxylic acids is 1. The molecule has 3 rings (SSSR count). The highest BCUT2D eigenvalue weighted by Gasteiger charge is 2.13. The topological polar surface area (TPSA) is 118 Å². The highest BCUT2D eigenvalue weighted by molar-refractivity contribution is 5.93. The summed E-state index contributed by atoms with van der Waals surface area (Å²) >= 11 is 0. The molecule has 0 spiro atoms. The summed E-state index contributed by atoms with van der Waals surface area (Å²) in [6.45, 7) is 0.0757. The molecule has 0 radical (unpaired) electrons. The van der Waals surface area contributed by atoms with Gasteiger partial charge in [-0.2, -0.15) is 5.21 Å². The van der Waals surface area contributed by atoms with Crippen molar-refractivity contribution in [1.29, 1.82) is 0 Å². The standard InChI is InChI=1S/C11H9N7O2/c19-10(13-6-8-14-16-17-15-8)7-5-12-9-3-1-2-4-18(9)11(7)20/h1-5H,6H2,(H,13,19)(H,14,15,16,17). The van der Waals surface area contributed by atoms with E-state index >= 15 is 0 Å². The number of nitrogens with zero attached hydrogens (tertiary/aromatic N) is 5. The van der Waals surface area contributed by atoms with E-state index in [0.29, 0.717) is 11.5 Å². The zero-order valence-electron chi connectivity index (χ0n) is 10.1. The van der Waals surface area contributed by atoms with Crippen LogP contribution in [0, 0.1) is 0 Å². The lowest BCUT2D eigenvalue weighted by atomic mass is 10.3. The molecule has 3 aromatic rings. The Morgan fingerprint density at radius 3 is 3.10 bits per heavy atom. The third-order valence-corrected chi connectivity index (χ3v) is 2.65. The minimum absolute atomic E-state index is 0.0443. The number of carbonyl (C=O) groups is 1. The normalized spacial score (nSPS) is 10.6. The lowest BCUT2D eigenvalue weighted by molar-refractivity contribution is 0.0948. The predicted molar refractivity (Wildman–Crippen MR) is 66.8 cm³/mol. The zero-order chi connectivity index (χ0) is 13.9. The summed E-state index contributed by atoms with van der Waals surface area (Å²) in [5.41, 5.74) is 0.00521. The average Bonchev–Trinajstić information content (AvgIpc) is 2.99. The molecule has 0 aliphatic heterocycles. The Balaban J connectivity index is 1.88. The van der Waals surface area contributed by atoms with Crippen molar-refractivity contribution in [1.82, 2.24) is 35.3 Å². The quantitative estimate of drug-likeness (QED) is 0.639. The fourth-order valence-corrected chi connectivity index (χ4v) is 1.69. The molecule has 0 atom stereocenters. The third kappa shape index (κ3) is 2.11. The van der Waals surface area contributed by atoms with Crippen LogP contribution < -0.4 is 10.9 Å². The van der Waals surface area contributed by atoms with Crippen molar-refractivity contribution in [2.45, 2.75) is 6.54 Å². The van der Waals surface area contributed by atoms with Crippen molar-refractivity contribution < 1.29 is 4.79 Å². The molecular weight excluding hydrogens is 262 g/mol. The smallest absolute Gasteiger partial charge is 0.270 e. The van der Waals surface area contributed by atoms with E-state index in [-0.39, 0.29) is 12.1 Å². The Hall–Kier alpha value is -3.10. The van der Waals surface area contributed by atoms with Gasteiger partial charge in [0.15, 0.2) is 5.82 Å². The van der Waals surface area contributed by atoms with Crippen molar-refractivity contribution in [2.75, 3.05) is 0 Å². The van der Waals surface area contributed by atoms with Gasteiger partial charge >= 0.3 is 0 Å². The second-order valence-corrected chi connectivity index (χ2v) is 3.92. The molecule has 0 fully saturated rings. The molecule has 0 aliphatic carbocycles. The molecule has 0 saturated carbocycles. The van der Waals surface area contributed by atoms with Crippen molar-refractivity contribution >= 4 is 11.6 Å². The molecule has 0 bridgehead atoms. The predicted octanol–water partition coefficient (Wildman–Crippen LogP) is -0.862. The molecule has 2 N–H and O–H groups in total. The lowest BCUT2D eigenvalue weighted by Crippen LogP contribution is -2.31. The van der Waals surface area contributed by atoms with Gasteiger partial charge in [-0.05, 0) is 12.1 Å². The lowest BCUT2D eigenvalue weighted by Gasteiger charge is -2.04. The van der Waals surface area contributed by atoms with Gasteiger partial charge in [0.25, 0.3) is 11.5 Å². The number of fused-ring (bicyclic) bond motifs is 1. The number of amides is 1. The van der Waals surface area contributed by atoms with Gasteiger partial charge in [-0.3, -0.25) is 14.0 Å². The van der Waals surface area contributed by atoms with Gasteiger partial charge in [-0.15, -0.1) is 10.2 Å². The SMILES string of the molecule is O=C(NCc1nn[nH]n1)c1cnc2ccccn2c1=O. The number of H-pyrrole nitrogens is 1. The van der Waals surface area contributed by atoms with E-state index in [1.165, 1.54) is 10.6 Å². The highest BCUT2D eigenvalue weighted by Crippen LogP contribution is 1.97. The first-order valence-electron chi connectivity index (χ1n) is 5.72. The van der Waals surface area contributed by atoms with Gasteiger partial charge in [0.2, 0.25) is 0 Å². The van der Waals surface area contributed by atoms with Crippen LogP contribution in [0.25, 0.3) is 5.65 Å². The number of hydrogen-bond acceptors (Lipinski definition) is 6. The second kappa shape index (κ2) is 4.88. The van der Waals surface area contributed by atoms with Gasteiger partial charge < -0.3 is 5.32 Å². The van der Waals surface area contributed by atoms with Crippen LogP contribution in [-0.4, -0.2) is 35.9 Å².